The first-order valence-electron chi connectivity index (χ1n) is 12.7. The zero-order valence-electron chi connectivity index (χ0n) is 22.3. The average molecular weight is 506 g/mol. The van der Waals surface area contributed by atoms with E-state index in [2.05, 4.69) is 5.32 Å². The smallest absolute Gasteiger partial charge is 0.336 e. The molecule has 37 heavy (non-hydrogen) atoms. The maximum atomic E-state index is 13.9. The Hall–Kier alpha value is -3.74. The standard InChI is InChI=1S/C30H35NO6/c1-7-36-30(33)27-18(4)31-22-14-20(19-12-13-25(34-5)26(16-19)35-6)15-23(32)29(22)28(27)21-10-8-9-11-24(21)37-17(2)3/h8-13,16-17,20,28,31H,7,14-15H2,1-6H3/t20-,28+/m1/s1. The van der Waals surface area contributed by atoms with Gasteiger partial charge in [0.25, 0.3) is 0 Å². The summed E-state index contributed by atoms with van der Waals surface area (Å²) in [6.07, 6.45) is 0.867. The van der Waals surface area contributed by atoms with Crippen LogP contribution in [0.2, 0.25) is 0 Å². The topological polar surface area (TPSA) is 83.1 Å². The van der Waals surface area contributed by atoms with Crippen LogP contribution in [-0.4, -0.2) is 38.7 Å². The van der Waals surface area contributed by atoms with Crippen LogP contribution in [0, 0.1) is 0 Å². The Morgan fingerprint density at radius 3 is 2.43 bits per heavy atom. The van der Waals surface area contributed by atoms with E-state index in [9.17, 15) is 9.59 Å². The van der Waals surface area contributed by atoms with Gasteiger partial charge in [0.1, 0.15) is 5.75 Å². The molecule has 4 rings (SSSR count). The van der Waals surface area contributed by atoms with Gasteiger partial charge in [0.15, 0.2) is 17.3 Å². The number of para-hydroxylation sites is 1. The number of dihydropyridines is 1. The summed E-state index contributed by atoms with van der Waals surface area (Å²) < 4.78 is 22.4. The molecule has 196 valence electrons. The van der Waals surface area contributed by atoms with Gasteiger partial charge in [-0.3, -0.25) is 4.79 Å². The van der Waals surface area contributed by atoms with Crippen LogP contribution in [0.5, 0.6) is 17.2 Å². The van der Waals surface area contributed by atoms with Gasteiger partial charge in [0.05, 0.1) is 38.4 Å². The molecule has 2 aromatic carbocycles. The lowest BCUT2D eigenvalue weighted by atomic mass is 9.71. The minimum atomic E-state index is -0.580. The summed E-state index contributed by atoms with van der Waals surface area (Å²) in [4.78, 5) is 27.1. The molecule has 0 radical (unpaired) electrons. The molecule has 2 aliphatic rings. The molecular formula is C30H35NO6. The molecule has 0 aromatic heterocycles. The second kappa shape index (κ2) is 11.1. The van der Waals surface area contributed by atoms with Crippen LogP contribution in [0.25, 0.3) is 0 Å². The van der Waals surface area contributed by atoms with Crippen molar-refractivity contribution in [2.45, 2.75) is 58.5 Å². The molecule has 2 aromatic rings. The van der Waals surface area contributed by atoms with Crippen LogP contribution in [0.3, 0.4) is 0 Å². The number of nitrogens with one attached hydrogen (secondary N) is 1. The lowest BCUT2D eigenvalue weighted by Gasteiger charge is -2.37. The summed E-state index contributed by atoms with van der Waals surface area (Å²) in [6.45, 7) is 7.79. The number of rotatable bonds is 8. The number of allylic oxidation sites excluding steroid dienone is 3. The minimum Gasteiger partial charge on any atom is -0.493 e. The van der Waals surface area contributed by atoms with E-state index < -0.39 is 11.9 Å². The Morgan fingerprint density at radius 2 is 1.76 bits per heavy atom. The third-order valence-electron chi connectivity index (χ3n) is 6.79. The average Bonchev–Trinajstić information content (AvgIpc) is 2.87. The zero-order chi connectivity index (χ0) is 26.7. The van der Waals surface area contributed by atoms with Gasteiger partial charge < -0.3 is 24.3 Å². The van der Waals surface area contributed by atoms with Crippen molar-refractivity contribution < 1.29 is 28.5 Å². The summed E-state index contributed by atoms with van der Waals surface area (Å²) in [5, 5.41) is 3.39. The van der Waals surface area contributed by atoms with E-state index in [1.54, 1.807) is 21.1 Å². The van der Waals surface area contributed by atoms with Crippen molar-refractivity contribution in [3.8, 4) is 17.2 Å². The Bertz CT molecular complexity index is 1260. The molecule has 0 saturated carbocycles. The predicted molar refractivity (Wildman–Crippen MR) is 141 cm³/mol. The molecule has 0 amide bonds. The van der Waals surface area contributed by atoms with Gasteiger partial charge in [0.2, 0.25) is 0 Å². The quantitative estimate of drug-likeness (QED) is 0.480. The fraction of sp³-hybridized carbons (Fsp3) is 0.400. The zero-order valence-corrected chi connectivity index (χ0v) is 22.3. The number of hydrogen-bond acceptors (Lipinski definition) is 7. The summed E-state index contributed by atoms with van der Waals surface area (Å²) in [5.74, 6) is 0.861. The van der Waals surface area contributed by atoms with Crippen LogP contribution in [0.15, 0.2) is 65.0 Å². The van der Waals surface area contributed by atoms with E-state index in [1.807, 2.05) is 63.2 Å². The number of carbonyl (C=O) groups is 2. The second-order valence-electron chi connectivity index (χ2n) is 9.56. The fourth-order valence-electron chi connectivity index (χ4n) is 5.25. The molecule has 1 N–H and O–H groups in total. The van der Waals surface area contributed by atoms with Crippen LogP contribution in [-0.2, 0) is 14.3 Å². The van der Waals surface area contributed by atoms with Crippen molar-refractivity contribution in [2.24, 2.45) is 0 Å². The Labute approximate surface area is 218 Å². The Morgan fingerprint density at radius 1 is 1.03 bits per heavy atom. The van der Waals surface area contributed by atoms with Gasteiger partial charge in [0, 0.05) is 29.0 Å². The molecule has 0 fully saturated rings. The van der Waals surface area contributed by atoms with E-state index in [0.717, 1.165) is 16.8 Å². The fourth-order valence-corrected chi connectivity index (χ4v) is 5.25. The van der Waals surface area contributed by atoms with Crippen LogP contribution in [0.1, 0.15) is 63.5 Å². The maximum Gasteiger partial charge on any atom is 0.336 e. The number of Topliss-reactive ketones (excluding diaryl/α,β-unsaturated/α-hetero) is 1. The van der Waals surface area contributed by atoms with E-state index >= 15 is 0 Å². The van der Waals surface area contributed by atoms with Crippen molar-refractivity contribution in [2.75, 3.05) is 20.8 Å². The number of benzene rings is 2. The van der Waals surface area contributed by atoms with E-state index in [1.165, 1.54) is 0 Å². The van der Waals surface area contributed by atoms with Crippen molar-refractivity contribution in [1.29, 1.82) is 0 Å². The molecule has 0 bridgehead atoms. The minimum absolute atomic E-state index is 0.00724. The monoisotopic (exact) mass is 505 g/mol. The van der Waals surface area contributed by atoms with Gasteiger partial charge in [-0.25, -0.2) is 4.79 Å². The number of methoxy groups -OCH3 is 2. The number of ether oxygens (including phenoxy) is 4. The second-order valence-corrected chi connectivity index (χ2v) is 9.56. The number of esters is 1. The SMILES string of the molecule is CCOC(=O)C1=C(C)NC2=C(C(=O)C[C@H](c3ccc(OC)c(OC)c3)C2)[C@H]1c1ccccc1OC(C)C. The van der Waals surface area contributed by atoms with Gasteiger partial charge in [-0.1, -0.05) is 24.3 Å². The number of hydrogen-bond donors (Lipinski definition) is 1. The third kappa shape index (κ3) is 5.22. The predicted octanol–water partition coefficient (Wildman–Crippen LogP) is 5.42. The molecule has 1 aliphatic carbocycles. The first-order valence-corrected chi connectivity index (χ1v) is 12.7. The van der Waals surface area contributed by atoms with Crippen molar-refractivity contribution in [3.63, 3.8) is 0 Å². The van der Waals surface area contributed by atoms with Gasteiger partial charge in [-0.15, -0.1) is 0 Å². The molecule has 0 spiro atoms. The van der Waals surface area contributed by atoms with Gasteiger partial charge in [-0.2, -0.15) is 0 Å². The molecule has 2 atom stereocenters. The maximum absolute atomic E-state index is 13.9. The van der Waals surface area contributed by atoms with Crippen molar-refractivity contribution in [1.82, 2.24) is 5.32 Å². The third-order valence-corrected chi connectivity index (χ3v) is 6.79. The highest BCUT2D eigenvalue weighted by molar-refractivity contribution is 6.04. The molecule has 1 aliphatic heterocycles. The normalized spacial score (nSPS) is 19.4. The van der Waals surface area contributed by atoms with E-state index in [4.69, 9.17) is 18.9 Å². The first-order chi connectivity index (χ1) is 17.8. The van der Waals surface area contributed by atoms with Crippen molar-refractivity contribution >= 4 is 11.8 Å². The summed E-state index contributed by atoms with van der Waals surface area (Å²) in [5.41, 5.74) is 4.33. The lowest BCUT2D eigenvalue weighted by molar-refractivity contribution is -0.138. The summed E-state index contributed by atoms with van der Waals surface area (Å²) in [6, 6.07) is 13.4. The first kappa shape index (κ1) is 26.3. The van der Waals surface area contributed by atoms with E-state index in [0.29, 0.717) is 46.9 Å². The van der Waals surface area contributed by atoms with Crippen LogP contribution in [0.4, 0.5) is 0 Å². The molecule has 0 saturated heterocycles. The van der Waals surface area contributed by atoms with Gasteiger partial charge >= 0.3 is 5.97 Å². The Kier molecular flexibility index (Phi) is 7.91. The van der Waals surface area contributed by atoms with Crippen LogP contribution >= 0.6 is 0 Å². The van der Waals surface area contributed by atoms with Crippen molar-refractivity contribution in [3.05, 3.63) is 76.1 Å². The molecule has 7 nitrogen and oxygen atoms in total. The Balaban J connectivity index is 1.81. The lowest BCUT2D eigenvalue weighted by Crippen LogP contribution is -2.36. The highest BCUT2D eigenvalue weighted by Gasteiger charge is 2.42. The molecule has 0 unspecified atom stereocenters. The largest absolute Gasteiger partial charge is 0.493 e. The molecule has 7 heteroatoms. The summed E-state index contributed by atoms with van der Waals surface area (Å²) in [7, 11) is 3.20. The van der Waals surface area contributed by atoms with Crippen LogP contribution < -0.4 is 19.5 Å². The highest BCUT2D eigenvalue weighted by Crippen LogP contribution is 2.48. The molecular weight excluding hydrogens is 470 g/mol. The highest BCUT2D eigenvalue weighted by atomic mass is 16.5. The summed E-state index contributed by atoms with van der Waals surface area (Å²) >= 11 is 0. The number of ketones is 1. The van der Waals surface area contributed by atoms with Gasteiger partial charge in [-0.05, 0) is 63.8 Å². The van der Waals surface area contributed by atoms with E-state index in [-0.39, 0.29) is 24.4 Å². The number of carbonyl (C=O) groups excluding carboxylic acids is 2. The molecule has 1 heterocycles.